The Balaban J connectivity index is 1.60. The summed E-state index contributed by atoms with van der Waals surface area (Å²) in [5.41, 5.74) is 3.06. The van der Waals surface area contributed by atoms with Crippen molar-refractivity contribution < 1.29 is 4.79 Å². The number of rotatable bonds is 9. The van der Waals surface area contributed by atoms with Crippen molar-refractivity contribution in [2.75, 3.05) is 13.1 Å². The van der Waals surface area contributed by atoms with Crippen LogP contribution in [0.1, 0.15) is 22.7 Å². The first-order valence-corrected chi connectivity index (χ1v) is 9.64. The highest BCUT2D eigenvalue weighted by atomic mass is 35.5. The van der Waals surface area contributed by atoms with Gasteiger partial charge in [0.2, 0.25) is 5.91 Å². The third-order valence-corrected chi connectivity index (χ3v) is 4.60. The molecule has 2 aromatic heterocycles. The van der Waals surface area contributed by atoms with Crippen LogP contribution in [0.25, 0.3) is 0 Å². The fourth-order valence-electron chi connectivity index (χ4n) is 2.93. The zero-order valence-corrected chi connectivity index (χ0v) is 16.3. The Morgan fingerprint density at radius 3 is 2.21 bits per heavy atom. The molecule has 0 aliphatic heterocycles. The van der Waals surface area contributed by atoms with Gasteiger partial charge in [-0.15, -0.1) is 0 Å². The molecule has 5 nitrogen and oxygen atoms in total. The summed E-state index contributed by atoms with van der Waals surface area (Å²) < 4.78 is 0. The Morgan fingerprint density at radius 2 is 1.61 bits per heavy atom. The van der Waals surface area contributed by atoms with Gasteiger partial charge in [0.15, 0.2) is 0 Å². The molecule has 1 atom stereocenters. The maximum absolute atomic E-state index is 12.8. The number of carbonyl (C=O) groups excluding carboxylic acids is 1. The first-order valence-electron chi connectivity index (χ1n) is 9.27. The number of hydrogen-bond acceptors (Lipinski definition) is 4. The Kier molecular flexibility index (Phi) is 7.53. The molecule has 0 aliphatic rings. The van der Waals surface area contributed by atoms with Crippen LogP contribution in [0.3, 0.4) is 0 Å². The average molecular weight is 395 g/mol. The Labute approximate surface area is 170 Å². The largest absolute Gasteiger partial charge is 0.354 e. The number of aromatic nitrogens is 2. The van der Waals surface area contributed by atoms with Gasteiger partial charge in [0, 0.05) is 42.9 Å². The van der Waals surface area contributed by atoms with E-state index in [9.17, 15) is 4.79 Å². The van der Waals surface area contributed by atoms with Gasteiger partial charge in [-0.1, -0.05) is 35.9 Å². The summed E-state index contributed by atoms with van der Waals surface area (Å²) in [5.74, 6) is -0.0719. The van der Waals surface area contributed by atoms with Crippen molar-refractivity contribution in [3.63, 3.8) is 0 Å². The van der Waals surface area contributed by atoms with Gasteiger partial charge in [0.05, 0.1) is 0 Å². The molecule has 144 valence electrons. The van der Waals surface area contributed by atoms with Crippen molar-refractivity contribution >= 4 is 17.5 Å². The second-order valence-corrected chi connectivity index (χ2v) is 6.89. The van der Waals surface area contributed by atoms with Crippen LogP contribution in [0.2, 0.25) is 5.02 Å². The van der Waals surface area contributed by atoms with Crippen molar-refractivity contribution in [1.82, 2.24) is 20.6 Å². The van der Waals surface area contributed by atoms with Crippen LogP contribution in [-0.4, -0.2) is 29.0 Å². The molecular formula is C22H23ClN4O. The van der Waals surface area contributed by atoms with Gasteiger partial charge in [-0.3, -0.25) is 14.8 Å². The third-order valence-electron chi connectivity index (χ3n) is 4.36. The minimum absolute atomic E-state index is 0.0719. The number of carbonyl (C=O) groups is 1. The van der Waals surface area contributed by atoms with Crippen molar-refractivity contribution in [3.8, 4) is 0 Å². The highest BCUT2D eigenvalue weighted by Crippen LogP contribution is 2.18. The van der Waals surface area contributed by atoms with Crippen LogP contribution in [0, 0.1) is 0 Å². The smallest absolute Gasteiger partial charge is 0.241 e. The molecule has 3 aromatic rings. The lowest BCUT2D eigenvalue weighted by molar-refractivity contribution is -0.123. The van der Waals surface area contributed by atoms with E-state index in [4.69, 9.17) is 11.6 Å². The molecule has 0 radical (unpaired) electrons. The second kappa shape index (κ2) is 10.5. The van der Waals surface area contributed by atoms with Gasteiger partial charge in [-0.2, -0.15) is 0 Å². The van der Waals surface area contributed by atoms with Crippen LogP contribution in [0.15, 0.2) is 73.3 Å². The Hall–Kier alpha value is -2.76. The van der Waals surface area contributed by atoms with Crippen LogP contribution >= 0.6 is 11.6 Å². The second-order valence-electron chi connectivity index (χ2n) is 6.46. The molecule has 1 unspecified atom stereocenters. The van der Waals surface area contributed by atoms with Gasteiger partial charge < -0.3 is 10.6 Å². The molecule has 0 bridgehead atoms. The minimum Gasteiger partial charge on any atom is -0.354 e. The van der Waals surface area contributed by atoms with E-state index in [-0.39, 0.29) is 5.91 Å². The quantitative estimate of drug-likeness (QED) is 0.584. The number of hydrogen-bond donors (Lipinski definition) is 2. The number of benzene rings is 1. The maximum atomic E-state index is 12.8. The molecule has 2 heterocycles. The first kappa shape index (κ1) is 20.0. The van der Waals surface area contributed by atoms with E-state index in [0.29, 0.717) is 18.1 Å². The fraction of sp³-hybridized carbons (Fsp3) is 0.227. The SMILES string of the molecule is O=C(NCCc1cccnc1)C(NCCc1cccnc1)c1cccc(Cl)c1. The lowest BCUT2D eigenvalue weighted by Crippen LogP contribution is -2.39. The molecule has 6 heteroatoms. The molecule has 0 aliphatic carbocycles. The lowest BCUT2D eigenvalue weighted by atomic mass is 10.1. The molecule has 28 heavy (non-hydrogen) atoms. The number of amides is 1. The predicted molar refractivity (Wildman–Crippen MR) is 111 cm³/mol. The molecule has 2 N–H and O–H groups in total. The highest BCUT2D eigenvalue weighted by Gasteiger charge is 2.20. The number of pyridine rings is 2. The summed E-state index contributed by atoms with van der Waals surface area (Å²) in [6, 6.07) is 14.8. The summed E-state index contributed by atoms with van der Waals surface area (Å²) >= 11 is 6.13. The van der Waals surface area contributed by atoms with Gasteiger partial charge in [0.25, 0.3) is 0 Å². The molecule has 0 spiro atoms. The maximum Gasteiger partial charge on any atom is 0.241 e. The zero-order chi connectivity index (χ0) is 19.6. The molecule has 3 rings (SSSR count). The highest BCUT2D eigenvalue weighted by molar-refractivity contribution is 6.30. The molecule has 0 saturated heterocycles. The summed E-state index contributed by atoms with van der Waals surface area (Å²) in [7, 11) is 0. The normalized spacial score (nSPS) is 11.8. The van der Waals surface area contributed by atoms with Crippen molar-refractivity contribution in [3.05, 3.63) is 95.0 Å². The zero-order valence-electron chi connectivity index (χ0n) is 15.5. The molecule has 1 aromatic carbocycles. The third kappa shape index (κ3) is 6.15. The van der Waals surface area contributed by atoms with E-state index in [1.165, 1.54) is 0 Å². The Bertz CT molecular complexity index is 874. The summed E-state index contributed by atoms with van der Waals surface area (Å²) in [6.45, 7) is 1.20. The summed E-state index contributed by atoms with van der Waals surface area (Å²) in [5, 5.41) is 6.97. The van der Waals surface area contributed by atoms with Crippen LogP contribution < -0.4 is 10.6 Å². The number of halogens is 1. The summed E-state index contributed by atoms with van der Waals surface area (Å²) in [4.78, 5) is 21.1. The minimum atomic E-state index is -0.468. The Morgan fingerprint density at radius 1 is 0.929 bits per heavy atom. The van der Waals surface area contributed by atoms with Gasteiger partial charge >= 0.3 is 0 Å². The van der Waals surface area contributed by atoms with E-state index in [0.717, 1.165) is 29.5 Å². The summed E-state index contributed by atoms with van der Waals surface area (Å²) in [6.07, 6.45) is 8.66. The molecule has 0 saturated carbocycles. The molecular weight excluding hydrogens is 372 g/mol. The molecule has 0 fully saturated rings. The van der Waals surface area contributed by atoms with Crippen LogP contribution in [0.5, 0.6) is 0 Å². The van der Waals surface area contributed by atoms with Crippen LogP contribution in [0.4, 0.5) is 0 Å². The topological polar surface area (TPSA) is 66.9 Å². The number of nitrogens with one attached hydrogen (secondary N) is 2. The van der Waals surface area contributed by atoms with Crippen molar-refractivity contribution in [1.29, 1.82) is 0 Å². The fourth-order valence-corrected chi connectivity index (χ4v) is 3.13. The van der Waals surface area contributed by atoms with Gasteiger partial charge in [-0.05, 0) is 53.8 Å². The number of nitrogens with zero attached hydrogens (tertiary/aromatic N) is 2. The predicted octanol–water partition coefficient (Wildman–Crippen LogP) is 3.36. The van der Waals surface area contributed by atoms with E-state index in [2.05, 4.69) is 20.6 Å². The van der Waals surface area contributed by atoms with Gasteiger partial charge in [-0.25, -0.2) is 0 Å². The monoisotopic (exact) mass is 394 g/mol. The van der Waals surface area contributed by atoms with E-state index in [1.807, 2.05) is 54.9 Å². The standard InChI is InChI=1S/C22H23ClN4O/c23-20-7-1-6-19(14-20)21(26-12-8-17-4-2-10-24-15-17)22(28)27-13-9-18-5-3-11-25-16-18/h1-7,10-11,14-16,21,26H,8-9,12-13H2,(H,27,28). The lowest BCUT2D eigenvalue weighted by Gasteiger charge is -2.19. The van der Waals surface area contributed by atoms with Crippen molar-refractivity contribution in [2.45, 2.75) is 18.9 Å². The van der Waals surface area contributed by atoms with Crippen LogP contribution in [-0.2, 0) is 17.6 Å². The van der Waals surface area contributed by atoms with Gasteiger partial charge in [0.1, 0.15) is 6.04 Å². The van der Waals surface area contributed by atoms with Crippen molar-refractivity contribution in [2.24, 2.45) is 0 Å². The average Bonchev–Trinajstić information content (AvgIpc) is 2.72. The molecule has 1 amide bonds. The van der Waals surface area contributed by atoms with E-state index in [1.54, 1.807) is 18.5 Å². The van der Waals surface area contributed by atoms with E-state index < -0.39 is 6.04 Å². The van der Waals surface area contributed by atoms with E-state index >= 15 is 0 Å². The first-order chi connectivity index (χ1) is 13.7.